The fourth-order valence-corrected chi connectivity index (χ4v) is 6.32. The third kappa shape index (κ3) is 28.0. The summed E-state index contributed by atoms with van der Waals surface area (Å²) >= 11 is 0. The Kier molecular flexibility index (Phi) is 26.1. The van der Waals surface area contributed by atoms with Crippen LogP contribution in [0.5, 0.6) is 0 Å². The summed E-state index contributed by atoms with van der Waals surface area (Å²) in [6, 6.07) is 0. The molecule has 0 amide bonds. The van der Waals surface area contributed by atoms with Gasteiger partial charge in [-0.2, -0.15) is 0 Å². The molecule has 2 nitrogen and oxygen atoms in total. The lowest BCUT2D eigenvalue weighted by molar-refractivity contribution is -0.143. The van der Waals surface area contributed by atoms with Gasteiger partial charge in [0.1, 0.15) is 6.61 Å². The second-order valence-corrected chi connectivity index (χ2v) is 15.8. The second kappa shape index (κ2) is 26.6. The van der Waals surface area contributed by atoms with E-state index in [2.05, 4.69) is 75.3 Å². The van der Waals surface area contributed by atoms with E-state index < -0.39 is 0 Å². The van der Waals surface area contributed by atoms with Gasteiger partial charge in [0.25, 0.3) is 0 Å². The van der Waals surface area contributed by atoms with Crippen LogP contribution in [0.3, 0.4) is 0 Å². The average molecular weight is 591 g/mol. The van der Waals surface area contributed by atoms with Gasteiger partial charge in [0, 0.05) is 6.42 Å². The van der Waals surface area contributed by atoms with Crippen molar-refractivity contribution < 1.29 is 9.53 Å². The highest BCUT2D eigenvalue weighted by Crippen LogP contribution is 2.24. The van der Waals surface area contributed by atoms with E-state index in [-0.39, 0.29) is 5.97 Å². The van der Waals surface area contributed by atoms with Gasteiger partial charge in [0.15, 0.2) is 0 Å². The van der Waals surface area contributed by atoms with Crippen LogP contribution in [0.4, 0.5) is 0 Å². The molecule has 0 bridgehead atoms. The zero-order chi connectivity index (χ0) is 31.8. The quantitative estimate of drug-likeness (QED) is 0.0669. The third-order valence-corrected chi connectivity index (χ3v) is 9.60. The highest BCUT2D eigenvalue weighted by atomic mass is 16.5. The number of rotatable bonds is 28. The fraction of sp³-hybridized carbons (Fsp3) is 0.925. The van der Waals surface area contributed by atoms with Crippen molar-refractivity contribution in [2.45, 2.75) is 191 Å². The predicted octanol–water partition coefficient (Wildman–Crippen LogP) is 13.4. The molecule has 0 fully saturated rings. The van der Waals surface area contributed by atoms with Crippen molar-refractivity contribution in [3.8, 4) is 0 Å². The molecule has 0 radical (unpaired) electrons. The van der Waals surface area contributed by atoms with E-state index in [1.165, 1.54) is 108 Å². The number of hydrogen-bond acceptors (Lipinski definition) is 2. The predicted molar refractivity (Wildman–Crippen MR) is 188 cm³/mol. The van der Waals surface area contributed by atoms with Crippen molar-refractivity contribution in [2.75, 3.05) is 6.61 Å². The van der Waals surface area contributed by atoms with Gasteiger partial charge in [-0.3, -0.25) is 4.79 Å². The van der Waals surface area contributed by atoms with Gasteiger partial charge >= 0.3 is 5.97 Å². The number of allylic oxidation sites excluding steroid dienone is 1. The van der Waals surface area contributed by atoms with Gasteiger partial charge in [0.2, 0.25) is 0 Å². The molecule has 5 atom stereocenters. The number of carbonyl (C=O) groups is 1. The number of ether oxygens (including phenoxy) is 1. The summed E-state index contributed by atoms with van der Waals surface area (Å²) in [6.45, 7) is 23.9. The van der Waals surface area contributed by atoms with Gasteiger partial charge in [-0.1, -0.05) is 171 Å². The molecule has 0 aromatic heterocycles. The van der Waals surface area contributed by atoms with E-state index in [9.17, 15) is 4.79 Å². The molecule has 0 aliphatic rings. The smallest absolute Gasteiger partial charge is 0.306 e. The molecule has 0 saturated heterocycles. The van der Waals surface area contributed by atoms with Gasteiger partial charge in [-0.05, 0) is 67.3 Å². The molecule has 5 unspecified atom stereocenters. The van der Waals surface area contributed by atoms with Crippen molar-refractivity contribution in [3.05, 3.63) is 11.6 Å². The summed E-state index contributed by atoms with van der Waals surface area (Å²) in [6.07, 6.45) is 26.6. The van der Waals surface area contributed by atoms with Crippen molar-refractivity contribution in [1.29, 1.82) is 0 Å². The molecule has 42 heavy (non-hydrogen) atoms. The number of esters is 1. The average Bonchev–Trinajstić information content (AvgIpc) is 2.88. The summed E-state index contributed by atoms with van der Waals surface area (Å²) in [7, 11) is 0. The van der Waals surface area contributed by atoms with Crippen LogP contribution >= 0.6 is 0 Å². The number of carbonyl (C=O) groups excluding carboxylic acids is 1. The van der Waals surface area contributed by atoms with Crippen LogP contribution in [0.25, 0.3) is 0 Å². The Balaban J connectivity index is 3.84. The van der Waals surface area contributed by atoms with E-state index in [1.807, 2.05) is 0 Å². The standard InChI is InChI=1S/C40H78O2/c1-32(2)17-11-19-34(5)21-13-23-36(7)25-15-27-38(9)29-30-42-40(41)31-39(10)28-16-26-37(8)24-14-22-35(6)20-12-18-33(3)4/h29,32-37,39H,11-28,30-31H2,1-10H3/b38-29+. The largest absolute Gasteiger partial charge is 0.461 e. The highest BCUT2D eigenvalue weighted by molar-refractivity contribution is 5.69. The van der Waals surface area contributed by atoms with E-state index in [0.29, 0.717) is 18.9 Å². The van der Waals surface area contributed by atoms with Crippen LogP contribution in [0.15, 0.2) is 11.6 Å². The molecule has 0 rings (SSSR count). The molecule has 0 aromatic rings. The van der Waals surface area contributed by atoms with E-state index in [4.69, 9.17) is 4.74 Å². The molecule has 0 saturated carbocycles. The minimum Gasteiger partial charge on any atom is -0.461 e. The summed E-state index contributed by atoms with van der Waals surface area (Å²) in [4.78, 5) is 12.3. The van der Waals surface area contributed by atoms with E-state index in [1.54, 1.807) is 0 Å². The molecule has 0 aliphatic carbocycles. The molecule has 0 heterocycles. The van der Waals surface area contributed by atoms with Crippen LogP contribution in [0.1, 0.15) is 191 Å². The molecular weight excluding hydrogens is 512 g/mol. The summed E-state index contributed by atoms with van der Waals surface area (Å²) < 4.78 is 5.56. The maximum absolute atomic E-state index is 12.3. The minimum absolute atomic E-state index is 0.0295. The minimum atomic E-state index is -0.0295. The van der Waals surface area contributed by atoms with E-state index in [0.717, 1.165) is 48.3 Å². The Morgan fingerprint density at radius 3 is 1.21 bits per heavy atom. The first-order valence-electron chi connectivity index (χ1n) is 18.7. The lowest BCUT2D eigenvalue weighted by Gasteiger charge is -2.16. The van der Waals surface area contributed by atoms with Crippen molar-refractivity contribution in [3.63, 3.8) is 0 Å². The summed E-state index contributed by atoms with van der Waals surface area (Å²) in [5, 5.41) is 0. The first kappa shape index (κ1) is 41.2. The Hall–Kier alpha value is -0.790. The Morgan fingerprint density at radius 1 is 0.500 bits per heavy atom. The molecule has 0 aliphatic heterocycles. The molecular formula is C40H78O2. The lowest BCUT2D eigenvalue weighted by Crippen LogP contribution is -2.10. The van der Waals surface area contributed by atoms with Gasteiger partial charge in [0.05, 0.1) is 0 Å². The van der Waals surface area contributed by atoms with Gasteiger partial charge in [-0.25, -0.2) is 0 Å². The first-order valence-corrected chi connectivity index (χ1v) is 18.7. The van der Waals surface area contributed by atoms with Crippen LogP contribution in [0.2, 0.25) is 0 Å². The zero-order valence-corrected chi connectivity index (χ0v) is 30.6. The fourth-order valence-electron chi connectivity index (χ4n) is 6.32. The Morgan fingerprint density at radius 2 is 0.833 bits per heavy atom. The Bertz CT molecular complexity index is 648. The maximum Gasteiger partial charge on any atom is 0.306 e. The second-order valence-electron chi connectivity index (χ2n) is 15.8. The van der Waals surface area contributed by atoms with Crippen molar-refractivity contribution in [2.24, 2.45) is 41.4 Å². The Labute approximate surface area is 266 Å². The third-order valence-electron chi connectivity index (χ3n) is 9.60. The SMILES string of the molecule is C/C(=C\COC(=O)CC(C)CCCC(C)CCCC(C)CCCC(C)C)CCCC(C)CCCC(C)CCCC(C)C. The maximum atomic E-state index is 12.3. The van der Waals surface area contributed by atoms with Crippen LogP contribution in [-0.2, 0) is 9.53 Å². The van der Waals surface area contributed by atoms with Crippen molar-refractivity contribution >= 4 is 5.97 Å². The topological polar surface area (TPSA) is 26.3 Å². The first-order chi connectivity index (χ1) is 19.9. The van der Waals surface area contributed by atoms with Crippen LogP contribution in [0, 0.1) is 41.4 Å². The van der Waals surface area contributed by atoms with E-state index >= 15 is 0 Å². The summed E-state index contributed by atoms with van der Waals surface area (Å²) in [5.74, 6) is 5.45. The molecule has 0 N–H and O–H groups in total. The van der Waals surface area contributed by atoms with Gasteiger partial charge < -0.3 is 4.74 Å². The van der Waals surface area contributed by atoms with Gasteiger partial charge in [-0.15, -0.1) is 0 Å². The van der Waals surface area contributed by atoms with Crippen LogP contribution < -0.4 is 0 Å². The van der Waals surface area contributed by atoms with Crippen molar-refractivity contribution in [1.82, 2.24) is 0 Å². The number of hydrogen-bond donors (Lipinski definition) is 0. The molecule has 2 heteroatoms. The molecule has 0 spiro atoms. The molecule has 250 valence electrons. The highest BCUT2D eigenvalue weighted by Gasteiger charge is 2.12. The normalized spacial score (nSPS) is 16.0. The van der Waals surface area contributed by atoms with Crippen LogP contribution in [-0.4, -0.2) is 12.6 Å². The zero-order valence-electron chi connectivity index (χ0n) is 30.6. The molecule has 0 aromatic carbocycles. The summed E-state index contributed by atoms with van der Waals surface area (Å²) in [5.41, 5.74) is 1.36. The lowest BCUT2D eigenvalue weighted by atomic mass is 9.91. The monoisotopic (exact) mass is 591 g/mol.